The first-order chi connectivity index (χ1) is 8.70. The lowest BCUT2D eigenvalue weighted by Crippen LogP contribution is -2.33. The number of nitrogens with one attached hydrogen (secondary N) is 1. The van der Waals surface area contributed by atoms with Crippen molar-refractivity contribution >= 4 is 30.4 Å². The molecule has 0 radical (unpaired) electrons. The van der Waals surface area contributed by atoms with Gasteiger partial charge in [0.05, 0.1) is 10.5 Å². The van der Waals surface area contributed by atoms with Gasteiger partial charge in [-0.15, -0.1) is 9.24 Å². The van der Waals surface area contributed by atoms with Crippen LogP contribution >= 0.6 is 9.24 Å². The summed E-state index contributed by atoms with van der Waals surface area (Å²) in [5.41, 5.74) is -0.181. The molecule has 1 aromatic rings. The van der Waals surface area contributed by atoms with Crippen molar-refractivity contribution in [3.8, 4) is 0 Å². The maximum absolute atomic E-state index is 13.7. The molecule has 0 amide bonds. The van der Waals surface area contributed by atoms with Crippen LogP contribution in [0.4, 0.5) is 4.39 Å². The zero-order chi connectivity index (χ0) is 14.8. The summed E-state index contributed by atoms with van der Waals surface area (Å²) < 4.78 is 40.2. The number of benzene rings is 1. The third kappa shape index (κ3) is 3.59. The molecule has 0 heterocycles. The fraction of sp³-hybridized carbons (Fsp3) is 0.417. The summed E-state index contributed by atoms with van der Waals surface area (Å²) in [6, 6.07) is 1.88. The fourth-order valence-electron chi connectivity index (χ4n) is 1.64. The molecule has 0 bridgehead atoms. The number of carbonyl (C=O) groups is 1. The van der Waals surface area contributed by atoms with Crippen molar-refractivity contribution in [3.63, 3.8) is 0 Å². The van der Waals surface area contributed by atoms with Crippen molar-refractivity contribution in [2.45, 2.75) is 38.1 Å². The molecule has 7 heteroatoms. The number of rotatable bonds is 5. The molecule has 0 saturated heterocycles. The van der Waals surface area contributed by atoms with E-state index in [9.17, 15) is 17.6 Å². The Labute approximate surface area is 115 Å². The van der Waals surface area contributed by atoms with Gasteiger partial charge in [0.25, 0.3) is 0 Å². The van der Waals surface area contributed by atoms with E-state index in [4.69, 9.17) is 0 Å². The Morgan fingerprint density at radius 1 is 1.42 bits per heavy atom. The van der Waals surface area contributed by atoms with Gasteiger partial charge in [0.1, 0.15) is 5.82 Å². The fourth-order valence-corrected chi connectivity index (χ4v) is 3.89. The largest absolute Gasteiger partial charge is 0.294 e. The lowest BCUT2D eigenvalue weighted by atomic mass is 10.1. The summed E-state index contributed by atoms with van der Waals surface area (Å²) in [6.07, 6.45) is 0.111. The highest BCUT2D eigenvalue weighted by Crippen LogP contribution is 2.17. The number of halogens is 1. The second kappa shape index (κ2) is 6.07. The standard InChI is InChI=1S/C12H17FNO3PS/c1-4-9(15)11-8(13)5-6-10(12(11)18)19(16,17)14-7(2)3/h5-7,14H,4,18H2,1-3H3. The first-order valence-corrected chi connectivity index (χ1v) is 7.90. The van der Waals surface area contributed by atoms with Crippen LogP contribution in [-0.2, 0) is 10.0 Å². The van der Waals surface area contributed by atoms with E-state index < -0.39 is 21.6 Å². The molecular formula is C12H17FNO3PS. The molecule has 1 rings (SSSR count). The van der Waals surface area contributed by atoms with E-state index in [1.807, 2.05) is 0 Å². The Bertz CT molecular complexity index is 599. The first kappa shape index (κ1) is 16.2. The van der Waals surface area contributed by atoms with E-state index in [-0.39, 0.29) is 28.2 Å². The molecule has 19 heavy (non-hydrogen) atoms. The van der Waals surface area contributed by atoms with Crippen LogP contribution in [0.1, 0.15) is 37.6 Å². The highest BCUT2D eigenvalue weighted by atomic mass is 32.2. The van der Waals surface area contributed by atoms with Crippen molar-refractivity contribution in [3.05, 3.63) is 23.5 Å². The molecule has 106 valence electrons. The molecule has 1 N–H and O–H groups in total. The van der Waals surface area contributed by atoms with Crippen LogP contribution in [0.15, 0.2) is 17.0 Å². The van der Waals surface area contributed by atoms with Crippen LogP contribution in [0.5, 0.6) is 0 Å². The van der Waals surface area contributed by atoms with E-state index in [2.05, 4.69) is 14.0 Å². The van der Waals surface area contributed by atoms with E-state index in [0.717, 1.165) is 12.1 Å². The van der Waals surface area contributed by atoms with Gasteiger partial charge >= 0.3 is 0 Å². The predicted octanol–water partition coefficient (Wildman–Crippen LogP) is 1.61. The quantitative estimate of drug-likeness (QED) is 0.664. The van der Waals surface area contributed by atoms with Crippen molar-refractivity contribution < 1.29 is 17.6 Å². The Morgan fingerprint density at radius 3 is 2.47 bits per heavy atom. The second-order valence-electron chi connectivity index (χ2n) is 4.39. The average Bonchev–Trinajstić information content (AvgIpc) is 2.26. The van der Waals surface area contributed by atoms with Crippen molar-refractivity contribution in [2.24, 2.45) is 0 Å². The molecule has 0 fully saturated rings. The Kier molecular flexibility index (Phi) is 5.18. The van der Waals surface area contributed by atoms with Crippen LogP contribution in [0.25, 0.3) is 0 Å². The Balaban J connectivity index is 3.44. The molecule has 1 atom stereocenters. The first-order valence-electron chi connectivity index (χ1n) is 5.84. The average molecular weight is 305 g/mol. The highest BCUT2D eigenvalue weighted by Gasteiger charge is 2.23. The van der Waals surface area contributed by atoms with Crippen LogP contribution in [0.3, 0.4) is 0 Å². The molecule has 0 aliphatic rings. The molecule has 1 unspecified atom stereocenters. The van der Waals surface area contributed by atoms with Crippen LogP contribution in [0.2, 0.25) is 0 Å². The maximum Gasteiger partial charge on any atom is 0.241 e. The summed E-state index contributed by atoms with van der Waals surface area (Å²) in [6.45, 7) is 4.96. The lowest BCUT2D eigenvalue weighted by molar-refractivity contribution is 0.0985. The van der Waals surface area contributed by atoms with Crippen molar-refractivity contribution in [1.29, 1.82) is 0 Å². The maximum atomic E-state index is 13.7. The molecule has 0 aliphatic heterocycles. The van der Waals surface area contributed by atoms with E-state index >= 15 is 0 Å². The molecule has 0 aromatic heterocycles. The summed E-state index contributed by atoms with van der Waals surface area (Å²) in [5, 5.41) is 0.0694. The molecule has 0 saturated carbocycles. The number of hydrogen-bond donors (Lipinski definition) is 1. The molecule has 0 spiro atoms. The van der Waals surface area contributed by atoms with E-state index in [1.165, 1.54) is 0 Å². The summed E-state index contributed by atoms with van der Waals surface area (Å²) >= 11 is 0. The molecular weight excluding hydrogens is 288 g/mol. The van der Waals surface area contributed by atoms with Gasteiger partial charge in [0.15, 0.2) is 5.78 Å². The number of carbonyl (C=O) groups excluding carboxylic acids is 1. The minimum atomic E-state index is -3.76. The van der Waals surface area contributed by atoms with Gasteiger partial charge in [-0.25, -0.2) is 17.5 Å². The third-order valence-electron chi connectivity index (χ3n) is 2.43. The summed E-state index contributed by atoms with van der Waals surface area (Å²) in [5.74, 6) is -1.13. The zero-order valence-electron chi connectivity index (χ0n) is 11.0. The van der Waals surface area contributed by atoms with Crippen LogP contribution < -0.4 is 10.0 Å². The molecule has 1 aromatic carbocycles. The summed E-state index contributed by atoms with van der Waals surface area (Å²) in [4.78, 5) is 11.6. The number of ketones is 1. The van der Waals surface area contributed by atoms with Gasteiger partial charge in [-0.3, -0.25) is 4.79 Å². The normalized spacial score (nSPS) is 11.9. The SMILES string of the molecule is CCC(=O)c1c(F)ccc(S(=O)(=O)NC(C)C)c1P. The third-order valence-corrected chi connectivity index (χ3v) is 4.96. The van der Waals surface area contributed by atoms with Gasteiger partial charge in [-0.1, -0.05) is 6.92 Å². The van der Waals surface area contributed by atoms with Crippen LogP contribution in [-0.4, -0.2) is 20.2 Å². The van der Waals surface area contributed by atoms with E-state index in [0.29, 0.717) is 0 Å². The number of Topliss-reactive ketones (excluding diaryl/α,β-unsaturated/α-hetero) is 1. The minimum Gasteiger partial charge on any atom is -0.294 e. The van der Waals surface area contributed by atoms with Gasteiger partial charge < -0.3 is 0 Å². The lowest BCUT2D eigenvalue weighted by Gasteiger charge is -2.14. The Hall–Kier alpha value is -0.840. The highest BCUT2D eigenvalue weighted by molar-refractivity contribution is 7.90. The topological polar surface area (TPSA) is 63.2 Å². The number of sulfonamides is 1. The molecule has 4 nitrogen and oxygen atoms in total. The van der Waals surface area contributed by atoms with Gasteiger partial charge in [-0.05, 0) is 26.0 Å². The predicted molar refractivity (Wildman–Crippen MR) is 75.8 cm³/mol. The second-order valence-corrected chi connectivity index (χ2v) is 6.65. The monoisotopic (exact) mass is 305 g/mol. The zero-order valence-corrected chi connectivity index (χ0v) is 13.0. The smallest absolute Gasteiger partial charge is 0.241 e. The van der Waals surface area contributed by atoms with Gasteiger partial charge in [0, 0.05) is 17.8 Å². The minimum absolute atomic E-state index is 0.0694. The van der Waals surface area contributed by atoms with Crippen LogP contribution in [0, 0.1) is 5.82 Å². The van der Waals surface area contributed by atoms with E-state index in [1.54, 1.807) is 20.8 Å². The Morgan fingerprint density at radius 2 is 2.00 bits per heavy atom. The summed E-state index contributed by atoms with van der Waals surface area (Å²) in [7, 11) is -1.62. The number of hydrogen-bond acceptors (Lipinski definition) is 3. The van der Waals surface area contributed by atoms with Crippen molar-refractivity contribution in [1.82, 2.24) is 4.72 Å². The van der Waals surface area contributed by atoms with Gasteiger partial charge in [0.2, 0.25) is 10.0 Å². The van der Waals surface area contributed by atoms with Gasteiger partial charge in [-0.2, -0.15) is 0 Å². The van der Waals surface area contributed by atoms with Crippen molar-refractivity contribution in [2.75, 3.05) is 0 Å². The molecule has 0 aliphatic carbocycles.